The van der Waals surface area contributed by atoms with E-state index in [-0.39, 0.29) is 0 Å². The number of hydrogen-bond donors (Lipinski definition) is 2. The van der Waals surface area contributed by atoms with Gasteiger partial charge in [0, 0.05) is 33.7 Å². The molecule has 1 aromatic heterocycles. The van der Waals surface area contributed by atoms with Crippen LogP contribution in [0.3, 0.4) is 0 Å². The van der Waals surface area contributed by atoms with E-state index < -0.39 is 0 Å². The summed E-state index contributed by atoms with van der Waals surface area (Å²) in [5.41, 5.74) is 8.79. The van der Waals surface area contributed by atoms with Crippen LogP contribution in [0.15, 0.2) is 48.5 Å². The number of nitrogens with one attached hydrogen (secondary N) is 1. The van der Waals surface area contributed by atoms with Gasteiger partial charge < -0.3 is 11.1 Å². The van der Waals surface area contributed by atoms with E-state index in [9.17, 15) is 0 Å². The maximum atomic E-state index is 6.18. The van der Waals surface area contributed by atoms with Crippen molar-refractivity contribution in [3.8, 4) is 0 Å². The molecule has 0 radical (unpaired) electrons. The van der Waals surface area contributed by atoms with E-state index in [4.69, 9.17) is 17.3 Å². The van der Waals surface area contributed by atoms with Crippen LogP contribution in [0.25, 0.3) is 10.8 Å². The standard InChI is InChI=1S/C17H16ClN3/c1-11-9-14-13(6-4-8-16(14)19)17(21-11)20-10-12-5-2-3-7-15(12)18/h2-9H,10,19H2,1H3,(H,20,21). The zero-order chi connectivity index (χ0) is 14.8. The Labute approximate surface area is 128 Å². The fourth-order valence-electron chi connectivity index (χ4n) is 2.38. The van der Waals surface area contributed by atoms with Gasteiger partial charge in [-0.2, -0.15) is 0 Å². The van der Waals surface area contributed by atoms with Crippen molar-refractivity contribution in [1.29, 1.82) is 0 Å². The van der Waals surface area contributed by atoms with Crippen LogP contribution < -0.4 is 11.1 Å². The highest BCUT2D eigenvalue weighted by Gasteiger charge is 2.07. The van der Waals surface area contributed by atoms with Crippen LogP contribution in [-0.4, -0.2) is 4.98 Å². The van der Waals surface area contributed by atoms with Crippen LogP contribution in [0, 0.1) is 6.92 Å². The first kappa shape index (κ1) is 13.7. The number of nitrogens with two attached hydrogens (primary N) is 1. The summed E-state index contributed by atoms with van der Waals surface area (Å²) in [5.74, 6) is 0.831. The molecule has 3 N–H and O–H groups in total. The zero-order valence-corrected chi connectivity index (χ0v) is 12.5. The lowest BCUT2D eigenvalue weighted by atomic mass is 10.1. The van der Waals surface area contributed by atoms with Gasteiger partial charge in [0.25, 0.3) is 0 Å². The summed E-state index contributed by atoms with van der Waals surface area (Å²) in [6.07, 6.45) is 0. The molecule has 2 aromatic carbocycles. The van der Waals surface area contributed by atoms with Crippen LogP contribution >= 0.6 is 11.6 Å². The molecule has 0 unspecified atom stereocenters. The minimum atomic E-state index is 0.625. The van der Waals surface area contributed by atoms with Gasteiger partial charge in [0.05, 0.1) is 0 Å². The van der Waals surface area contributed by atoms with Gasteiger partial charge in [-0.25, -0.2) is 4.98 Å². The third-order valence-electron chi connectivity index (χ3n) is 3.44. The normalized spacial score (nSPS) is 10.8. The van der Waals surface area contributed by atoms with Crippen molar-refractivity contribution >= 4 is 33.9 Å². The summed E-state index contributed by atoms with van der Waals surface area (Å²) in [6, 6.07) is 15.7. The van der Waals surface area contributed by atoms with Crippen molar-refractivity contribution in [1.82, 2.24) is 4.98 Å². The molecule has 106 valence electrons. The third kappa shape index (κ3) is 2.78. The van der Waals surface area contributed by atoms with Gasteiger partial charge in [0.2, 0.25) is 0 Å². The molecule has 0 amide bonds. The largest absolute Gasteiger partial charge is 0.398 e. The van der Waals surface area contributed by atoms with Gasteiger partial charge in [-0.05, 0) is 30.7 Å². The van der Waals surface area contributed by atoms with E-state index in [2.05, 4.69) is 10.3 Å². The maximum Gasteiger partial charge on any atom is 0.134 e. The van der Waals surface area contributed by atoms with Crippen LogP contribution in [-0.2, 0) is 6.54 Å². The van der Waals surface area contributed by atoms with E-state index in [1.54, 1.807) is 0 Å². The quantitative estimate of drug-likeness (QED) is 0.705. The molecule has 3 nitrogen and oxygen atoms in total. The fourth-order valence-corrected chi connectivity index (χ4v) is 2.59. The van der Waals surface area contributed by atoms with Crippen molar-refractivity contribution in [2.75, 3.05) is 11.1 Å². The maximum absolute atomic E-state index is 6.18. The van der Waals surface area contributed by atoms with Gasteiger partial charge >= 0.3 is 0 Å². The Morgan fingerprint density at radius 3 is 2.71 bits per heavy atom. The Balaban J connectivity index is 1.97. The molecule has 21 heavy (non-hydrogen) atoms. The minimum Gasteiger partial charge on any atom is -0.398 e. The van der Waals surface area contributed by atoms with E-state index >= 15 is 0 Å². The monoisotopic (exact) mass is 297 g/mol. The second kappa shape index (κ2) is 5.62. The summed E-state index contributed by atoms with van der Waals surface area (Å²) >= 11 is 6.18. The number of aryl methyl sites for hydroxylation is 1. The second-order valence-electron chi connectivity index (χ2n) is 5.00. The minimum absolute atomic E-state index is 0.625. The molecule has 4 heteroatoms. The van der Waals surface area contributed by atoms with Crippen molar-refractivity contribution < 1.29 is 0 Å². The first-order valence-corrected chi connectivity index (χ1v) is 7.16. The molecule has 3 rings (SSSR count). The molecule has 0 aliphatic rings. The number of hydrogen-bond acceptors (Lipinski definition) is 3. The number of anilines is 2. The lowest BCUT2D eigenvalue weighted by molar-refractivity contribution is 1.10. The van der Waals surface area contributed by atoms with Gasteiger partial charge in [-0.15, -0.1) is 0 Å². The molecular weight excluding hydrogens is 282 g/mol. The van der Waals surface area contributed by atoms with Crippen molar-refractivity contribution in [2.24, 2.45) is 0 Å². The van der Waals surface area contributed by atoms with E-state index in [1.165, 1.54) is 0 Å². The van der Waals surface area contributed by atoms with Gasteiger partial charge in [-0.3, -0.25) is 0 Å². The molecule has 1 heterocycles. The number of nitrogen functional groups attached to an aromatic ring is 1. The van der Waals surface area contributed by atoms with Crippen molar-refractivity contribution in [3.63, 3.8) is 0 Å². The molecule has 0 bridgehead atoms. The molecule has 0 aliphatic heterocycles. The molecule has 0 aliphatic carbocycles. The smallest absolute Gasteiger partial charge is 0.134 e. The number of pyridine rings is 1. The highest BCUT2D eigenvalue weighted by atomic mass is 35.5. The van der Waals surface area contributed by atoms with Crippen molar-refractivity contribution in [3.05, 3.63) is 64.8 Å². The molecule has 3 aromatic rings. The number of halogens is 1. The topological polar surface area (TPSA) is 50.9 Å². The van der Waals surface area contributed by atoms with Crippen LogP contribution in [0.1, 0.15) is 11.3 Å². The number of aromatic nitrogens is 1. The summed E-state index contributed by atoms with van der Waals surface area (Å²) in [4.78, 5) is 4.58. The Kier molecular flexibility index (Phi) is 3.67. The molecule has 0 atom stereocenters. The number of nitrogens with zero attached hydrogens (tertiary/aromatic N) is 1. The summed E-state index contributed by atoms with van der Waals surface area (Å²) in [6.45, 7) is 2.59. The predicted molar refractivity (Wildman–Crippen MR) is 89.7 cm³/mol. The molecule has 0 saturated carbocycles. The van der Waals surface area contributed by atoms with Crippen molar-refractivity contribution in [2.45, 2.75) is 13.5 Å². The Bertz CT molecular complexity index is 799. The lowest BCUT2D eigenvalue weighted by Gasteiger charge is -2.12. The van der Waals surface area contributed by atoms with E-state index in [1.807, 2.05) is 55.5 Å². The molecule has 0 saturated heterocycles. The Morgan fingerprint density at radius 2 is 1.90 bits per heavy atom. The second-order valence-corrected chi connectivity index (χ2v) is 5.41. The third-order valence-corrected chi connectivity index (χ3v) is 3.81. The van der Waals surface area contributed by atoms with Crippen LogP contribution in [0.4, 0.5) is 11.5 Å². The average molecular weight is 298 g/mol. The molecule has 0 spiro atoms. The number of fused-ring (bicyclic) bond motifs is 1. The number of benzene rings is 2. The Hall–Kier alpha value is -2.26. The molecule has 0 fully saturated rings. The lowest BCUT2D eigenvalue weighted by Crippen LogP contribution is -2.04. The van der Waals surface area contributed by atoms with E-state index in [0.717, 1.165) is 38.6 Å². The van der Waals surface area contributed by atoms with Crippen LogP contribution in [0.2, 0.25) is 5.02 Å². The predicted octanol–water partition coefficient (Wildman–Crippen LogP) is 4.39. The van der Waals surface area contributed by atoms with E-state index in [0.29, 0.717) is 6.54 Å². The zero-order valence-electron chi connectivity index (χ0n) is 11.7. The Morgan fingerprint density at radius 1 is 1.10 bits per heavy atom. The summed E-state index contributed by atoms with van der Waals surface area (Å²) < 4.78 is 0. The SMILES string of the molecule is Cc1cc2c(N)cccc2c(NCc2ccccc2Cl)n1. The average Bonchev–Trinajstić information content (AvgIpc) is 2.47. The number of rotatable bonds is 3. The first-order valence-electron chi connectivity index (χ1n) is 6.78. The highest BCUT2D eigenvalue weighted by Crippen LogP contribution is 2.27. The first-order chi connectivity index (χ1) is 10.1. The highest BCUT2D eigenvalue weighted by molar-refractivity contribution is 6.31. The summed E-state index contributed by atoms with van der Waals surface area (Å²) in [7, 11) is 0. The van der Waals surface area contributed by atoms with Gasteiger partial charge in [0.15, 0.2) is 0 Å². The molecular formula is C17H16ClN3. The van der Waals surface area contributed by atoms with Crippen LogP contribution in [0.5, 0.6) is 0 Å². The van der Waals surface area contributed by atoms with Gasteiger partial charge in [0.1, 0.15) is 5.82 Å². The van der Waals surface area contributed by atoms with Gasteiger partial charge in [-0.1, -0.05) is 41.9 Å². The fraction of sp³-hybridized carbons (Fsp3) is 0.118. The summed E-state index contributed by atoms with van der Waals surface area (Å²) in [5, 5.41) is 6.15.